The Morgan fingerprint density at radius 3 is 2.78 bits per heavy atom. The molecule has 1 aromatic rings. The number of halogens is 1. The van der Waals surface area contributed by atoms with E-state index in [2.05, 4.69) is 45.1 Å². The molecule has 100 valence electrons. The van der Waals surface area contributed by atoms with Crippen LogP contribution in [0.25, 0.3) is 0 Å². The lowest BCUT2D eigenvalue weighted by Gasteiger charge is -2.21. The molecule has 0 radical (unpaired) electrons. The molecule has 1 atom stereocenters. The summed E-state index contributed by atoms with van der Waals surface area (Å²) >= 11 is 3.44. The second-order valence-corrected chi connectivity index (χ2v) is 5.67. The number of hydrogen-bond donors (Lipinski definition) is 1. The molecule has 3 nitrogen and oxygen atoms in total. The van der Waals surface area contributed by atoms with Gasteiger partial charge in [-0.1, -0.05) is 28.1 Å². The Morgan fingerprint density at radius 1 is 1.22 bits per heavy atom. The Bertz CT molecular complexity index is 347. The van der Waals surface area contributed by atoms with Crippen molar-refractivity contribution in [2.24, 2.45) is 5.73 Å². The molecule has 1 aromatic carbocycles. The topological polar surface area (TPSA) is 38.5 Å². The van der Waals surface area contributed by atoms with Crippen LogP contribution in [0.3, 0.4) is 0 Å². The Labute approximate surface area is 117 Å². The highest BCUT2D eigenvalue weighted by Gasteiger charge is 2.12. The molecule has 0 aliphatic carbocycles. The van der Waals surface area contributed by atoms with Crippen LogP contribution in [-0.4, -0.2) is 37.7 Å². The van der Waals surface area contributed by atoms with Crippen LogP contribution < -0.4 is 5.73 Å². The van der Waals surface area contributed by atoms with Gasteiger partial charge in [0.05, 0.1) is 6.61 Å². The molecule has 1 saturated heterocycles. The largest absolute Gasteiger partial charge is 0.380 e. The summed E-state index contributed by atoms with van der Waals surface area (Å²) in [5.41, 5.74) is 7.44. The fraction of sp³-hybridized carbons (Fsp3) is 0.571. The van der Waals surface area contributed by atoms with Crippen molar-refractivity contribution >= 4 is 15.9 Å². The van der Waals surface area contributed by atoms with Gasteiger partial charge in [0.25, 0.3) is 0 Å². The molecule has 2 rings (SSSR count). The first kappa shape index (κ1) is 14.0. The van der Waals surface area contributed by atoms with Crippen molar-refractivity contribution in [3.05, 3.63) is 34.3 Å². The van der Waals surface area contributed by atoms with E-state index < -0.39 is 0 Å². The van der Waals surface area contributed by atoms with Crippen molar-refractivity contribution in [2.75, 3.05) is 32.8 Å². The maximum absolute atomic E-state index is 6.23. The number of nitrogens with two attached hydrogens (primary N) is 1. The summed E-state index contributed by atoms with van der Waals surface area (Å²) in [6.07, 6.45) is 2.13. The zero-order chi connectivity index (χ0) is 12.8. The van der Waals surface area contributed by atoms with Gasteiger partial charge in [-0.2, -0.15) is 0 Å². The summed E-state index contributed by atoms with van der Waals surface area (Å²) < 4.78 is 6.55. The lowest BCUT2D eigenvalue weighted by atomic mass is 10.0. The van der Waals surface area contributed by atoms with Crippen molar-refractivity contribution in [2.45, 2.75) is 18.9 Å². The number of ether oxygens (including phenoxy) is 1. The lowest BCUT2D eigenvalue weighted by Crippen LogP contribution is -2.29. The minimum atomic E-state index is 0.127. The second-order valence-electron chi connectivity index (χ2n) is 4.75. The van der Waals surface area contributed by atoms with Gasteiger partial charge in [0.2, 0.25) is 0 Å². The molecule has 2 N–H and O–H groups in total. The summed E-state index contributed by atoms with van der Waals surface area (Å²) in [5, 5.41) is 0. The van der Waals surface area contributed by atoms with E-state index >= 15 is 0 Å². The Morgan fingerprint density at radius 2 is 2.00 bits per heavy atom. The first-order chi connectivity index (χ1) is 8.75. The number of rotatable bonds is 4. The maximum Gasteiger partial charge on any atom is 0.0593 e. The standard InChI is InChI=1S/C14H21BrN2O/c15-13-4-2-12(3-5-13)14(16)6-8-17-7-1-10-18-11-9-17/h2-5,14H,1,6-11,16H2. The summed E-state index contributed by atoms with van der Waals surface area (Å²) in [6.45, 7) is 4.98. The molecule has 1 unspecified atom stereocenters. The highest BCUT2D eigenvalue weighted by atomic mass is 79.9. The number of hydrogen-bond acceptors (Lipinski definition) is 3. The van der Waals surface area contributed by atoms with Crippen molar-refractivity contribution in [3.8, 4) is 0 Å². The van der Waals surface area contributed by atoms with Crippen molar-refractivity contribution in [1.82, 2.24) is 4.90 Å². The lowest BCUT2D eigenvalue weighted by molar-refractivity contribution is 0.141. The zero-order valence-corrected chi connectivity index (χ0v) is 12.2. The normalized spacial score (nSPS) is 19.4. The smallest absolute Gasteiger partial charge is 0.0593 e. The molecule has 0 bridgehead atoms. The molecule has 4 heteroatoms. The average Bonchev–Trinajstić information content (AvgIpc) is 2.65. The third-order valence-electron chi connectivity index (χ3n) is 3.37. The van der Waals surface area contributed by atoms with Crippen molar-refractivity contribution in [1.29, 1.82) is 0 Å². The summed E-state index contributed by atoms with van der Waals surface area (Å²) in [6, 6.07) is 8.42. The predicted octanol–water partition coefficient (Wildman–Crippen LogP) is 2.56. The van der Waals surface area contributed by atoms with E-state index in [1.54, 1.807) is 0 Å². The minimum absolute atomic E-state index is 0.127. The predicted molar refractivity (Wildman–Crippen MR) is 77.6 cm³/mol. The highest BCUT2D eigenvalue weighted by molar-refractivity contribution is 9.10. The van der Waals surface area contributed by atoms with Gasteiger partial charge in [-0.25, -0.2) is 0 Å². The van der Waals surface area contributed by atoms with E-state index in [1.807, 2.05) is 0 Å². The fourth-order valence-electron chi connectivity index (χ4n) is 2.22. The van der Waals surface area contributed by atoms with E-state index in [4.69, 9.17) is 10.5 Å². The van der Waals surface area contributed by atoms with Gasteiger partial charge < -0.3 is 15.4 Å². The molecule has 0 aromatic heterocycles. The van der Waals surface area contributed by atoms with Gasteiger partial charge in [0, 0.05) is 36.8 Å². The Hall–Kier alpha value is -0.420. The van der Waals surface area contributed by atoms with E-state index in [0.29, 0.717) is 0 Å². The van der Waals surface area contributed by atoms with E-state index in [-0.39, 0.29) is 6.04 Å². The maximum atomic E-state index is 6.23. The quantitative estimate of drug-likeness (QED) is 0.928. The highest BCUT2D eigenvalue weighted by Crippen LogP contribution is 2.18. The van der Waals surface area contributed by atoms with E-state index in [1.165, 1.54) is 5.56 Å². The first-order valence-corrected chi connectivity index (χ1v) is 7.36. The molecular formula is C14H21BrN2O. The molecule has 0 spiro atoms. The van der Waals surface area contributed by atoms with Crippen molar-refractivity contribution < 1.29 is 4.74 Å². The van der Waals surface area contributed by atoms with Crippen LogP contribution in [-0.2, 0) is 4.74 Å². The van der Waals surface area contributed by atoms with Crippen LogP contribution >= 0.6 is 15.9 Å². The summed E-state index contributed by atoms with van der Waals surface area (Å²) in [4.78, 5) is 2.45. The molecule has 1 aliphatic rings. The van der Waals surface area contributed by atoms with Gasteiger partial charge in [-0.3, -0.25) is 0 Å². The van der Waals surface area contributed by atoms with Crippen LogP contribution in [0.4, 0.5) is 0 Å². The van der Waals surface area contributed by atoms with Gasteiger partial charge in [0.15, 0.2) is 0 Å². The average molecular weight is 313 g/mol. The molecule has 0 amide bonds. The number of nitrogens with zero attached hydrogens (tertiary/aromatic N) is 1. The van der Waals surface area contributed by atoms with E-state index in [0.717, 1.165) is 50.2 Å². The molecule has 1 aliphatic heterocycles. The summed E-state index contributed by atoms with van der Waals surface area (Å²) in [5.74, 6) is 0. The molecule has 1 heterocycles. The van der Waals surface area contributed by atoms with E-state index in [9.17, 15) is 0 Å². The van der Waals surface area contributed by atoms with Gasteiger partial charge in [-0.05, 0) is 30.5 Å². The monoisotopic (exact) mass is 312 g/mol. The molecule has 0 saturated carbocycles. The molecule has 1 fully saturated rings. The summed E-state index contributed by atoms with van der Waals surface area (Å²) in [7, 11) is 0. The van der Waals surface area contributed by atoms with Crippen LogP contribution in [0.1, 0.15) is 24.4 Å². The minimum Gasteiger partial charge on any atom is -0.380 e. The van der Waals surface area contributed by atoms with Crippen molar-refractivity contribution in [3.63, 3.8) is 0 Å². The van der Waals surface area contributed by atoms with Gasteiger partial charge in [0.1, 0.15) is 0 Å². The Kier molecular flexibility index (Phi) is 5.63. The zero-order valence-electron chi connectivity index (χ0n) is 10.6. The van der Waals surface area contributed by atoms with Crippen LogP contribution in [0.15, 0.2) is 28.7 Å². The van der Waals surface area contributed by atoms with Gasteiger partial charge in [-0.15, -0.1) is 0 Å². The SMILES string of the molecule is NC(CCN1CCCOCC1)c1ccc(Br)cc1. The molecular weight excluding hydrogens is 292 g/mol. The Balaban J connectivity index is 1.80. The second kappa shape index (κ2) is 7.24. The third-order valence-corrected chi connectivity index (χ3v) is 3.90. The first-order valence-electron chi connectivity index (χ1n) is 6.57. The number of benzene rings is 1. The van der Waals surface area contributed by atoms with Crippen LogP contribution in [0, 0.1) is 0 Å². The van der Waals surface area contributed by atoms with Gasteiger partial charge >= 0.3 is 0 Å². The fourth-order valence-corrected chi connectivity index (χ4v) is 2.48. The van der Waals surface area contributed by atoms with Crippen LogP contribution in [0.5, 0.6) is 0 Å². The third kappa shape index (κ3) is 4.35. The van der Waals surface area contributed by atoms with Crippen LogP contribution in [0.2, 0.25) is 0 Å². The molecule has 18 heavy (non-hydrogen) atoms.